The number of carbonyl (C=O) groups is 2. The summed E-state index contributed by atoms with van der Waals surface area (Å²) in [7, 11) is -4.17. The Kier molecular flexibility index (Phi) is 5.76. The van der Waals surface area contributed by atoms with E-state index in [0.29, 0.717) is 27.8 Å². The summed E-state index contributed by atoms with van der Waals surface area (Å²) < 4.78 is 39.2. The van der Waals surface area contributed by atoms with E-state index in [1.807, 2.05) is 0 Å². The maximum atomic E-state index is 13.7. The number of rotatable bonds is 6. The van der Waals surface area contributed by atoms with Crippen LogP contribution in [0.2, 0.25) is 5.02 Å². The highest BCUT2D eigenvalue weighted by Crippen LogP contribution is 2.35. The quantitative estimate of drug-likeness (QED) is 0.482. The number of halogens is 1. The number of para-hydroxylation sites is 1. The van der Waals surface area contributed by atoms with Gasteiger partial charge in [0.05, 0.1) is 17.0 Å². The molecule has 0 bridgehead atoms. The van der Waals surface area contributed by atoms with Crippen LogP contribution in [0.5, 0.6) is 11.5 Å². The number of nitrogens with zero attached hydrogens (tertiary/aromatic N) is 2. The fourth-order valence-corrected chi connectivity index (χ4v) is 5.71. The third kappa shape index (κ3) is 4.02. The minimum atomic E-state index is -4.17. The monoisotopic (exact) mass is 498 g/mol. The first-order valence-corrected chi connectivity index (χ1v) is 12.2. The first-order valence-electron chi connectivity index (χ1n) is 10.4. The van der Waals surface area contributed by atoms with Gasteiger partial charge < -0.3 is 9.47 Å². The number of sulfonamides is 1. The first-order chi connectivity index (χ1) is 16.3. The Morgan fingerprint density at radius 2 is 1.65 bits per heavy atom. The average molecular weight is 499 g/mol. The van der Waals surface area contributed by atoms with Crippen LogP contribution in [-0.4, -0.2) is 37.4 Å². The third-order valence-electron chi connectivity index (χ3n) is 5.68. The van der Waals surface area contributed by atoms with Crippen molar-refractivity contribution in [2.75, 3.05) is 11.7 Å². The number of benzene rings is 3. The summed E-state index contributed by atoms with van der Waals surface area (Å²) >= 11 is 5.94. The van der Waals surface area contributed by atoms with Crippen molar-refractivity contribution in [2.24, 2.45) is 0 Å². The molecule has 0 radical (unpaired) electrons. The third-order valence-corrected chi connectivity index (χ3v) is 7.80. The highest BCUT2D eigenvalue weighted by molar-refractivity contribution is 7.89. The van der Waals surface area contributed by atoms with Crippen molar-refractivity contribution in [3.8, 4) is 11.5 Å². The molecule has 34 heavy (non-hydrogen) atoms. The molecule has 2 heterocycles. The van der Waals surface area contributed by atoms with Gasteiger partial charge in [0, 0.05) is 11.6 Å². The van der Waals surface area contributed by atoms with E-state index in [4.69, 9.17) is 21.1 Å². The number of ether oxygens (including phenoxy) is 2. The number of imide groups is 1. The van der Waals surface area contributed by atoms with Gasteiger partial charge in [-0.2, -0.15) is 4.31 Å². The molecule has 0 N–H and O–H groups in total. The van der Waals surface area contributed by atoms with Crippen molar-refractivity contribution in [1.82, 2.24) is 4.31 Å². The smallest absolute Gasteiger partial charge is 0.252 e. The lowest BCUT2D eigenvalue weighted by Gasteiger charge is -2.27. The van der Waals surface area contributed by atoms with E-state index < -0.39 is 27.9 Å². The summed E-state index contributed by atoms with van der Waals surface area (Å²) in [6.45, 7) is -0.0683. The van der Waals surface area contributed by atoms with Crippen LogP contribution in [0.3, 0.4) is 0 Å². The van der Waals surface area contributed by atoms with E-state index in [2.05, 4.69) is 0 Å². The number of hydrogen-bond donors (Lipinski definition) is 0. The van der Waals surface area contributed by atoms with Crippen LogP contribution < -0.4 is 14.4 Å². The number of anilines is 1. The lowest BCUT2D eigenvalue weighted by atomic mass is 10.1. The summed E-state index contributed by atoms with van der Waals surface area (Å²) in [4.78, 5) is 27.2. The summed E-state index contributed by atoms with van der Waals surface area (Å²) in [6.07, 6.45) is -0.273. The standard InChI is InChI=1S/C24H19ClN2O6S/c25-17-7-9-19(10-8-17)34(30,31)26(14-16-6-11-21-22(12-16)33-15-32-21)20-13-23(28)27(24(20)29)18-4-2-1-3-5-18/h1-12,20H,13-15H2. The van der Waals surface area contributed by atoms with Crippen LogP contribution >= 0.6 is 11.6 Å². The topological polar surface area (TPSA) is 93.2 Å². The molecule has 3 aromatic rings. The predicted octanol–water partition coefficient (Wildman–Crippen LogP) is 3.59. The lowest BCUT2D eigenvalue weighted by Crippen LogP contribution is -2.45. The Bertz CT molecular complexity index is 1360. The maximum absolute atomic E-state index is 13.7. The largest absolute Gasteiger partial charge is 0.454 e. The molecule has 1 unspecified atom stereocenters. The Balaban J connectivity index is 1.54. The zero-order chi connectivity index (χ0) is 23.9. The van der Waals surface area contributed by atoms with E-state index in [9.17, 15) is 18.0 Å². The molecule has 1 fully saturated rings. The summed E-state index contributed by atoms with van der Waals surface area (Å²) in [5.74, 6) is -0.0306. The summed E-state index contributed by atoms with van der Waals surface area (Å²) in [5, 5.41) is 0.378. The molecule has 5 rings (SSSR count). The molecular weight excluding hydrogens is 480 g/mol. The molecule has 0 aromatic heterocycles. The number of fused-ring (bicyclic) bond motifs is 1. The SMILES string of the molecule is O=C1CC(N(Cc2ccc3c(c2)OCO3)S(=O)(=O)c2ccc(Cl)cc2)C(=O)N1c1ccccc1. The van der Waals surface area contributed by atoms with Crippen molar-refractivity contribution in [1.29, 1.82) is 0 Å². The Morgan fingerprint density at radius 1 is 0.941 bits per heavy atom. The molecule has 0 spiro atoms. The van der Waals surface area contributed by atoms with Gasteiger partial charge in [0.1, 0.15) is 6.04 Å². The van der Waals surface area contributed by atoms with Gasteiger partial charge in [-0.05, 0) is 54.1 Å². The molecule has 2 aliphatic rings. The second kappa shape index (κ2) is 8.75. The Labute approximate surface area is 201 Å². The molecule has 0 saturated carbocycles. The fraction of sp³-hybridized carbons (Fsp3) is 0.167. The number of hydrogen-bond acceptors (Lipinski definition) is 6. The van der Waals surface area contributed by atoms with Crippen molar-refractivity contribution >= 4 is 39.1 Å². The van der Waals surface area contributed by atoms with E-state index >= 15 is 0 Å². The normalized spacial score (nSPS) is 17.6. The average Bonchev–Trinajstić information content (AvgIpc) is 3.41. The molecule has 1 atom stereocenters. The van der Waals surface area contributed by atoms with Crippen LogP contribution in [0.4, 0.5) is 5.69 Å². The van der Waals surface area contributed by atoms with Crippen molar-refractivity contribution in [3.05, 3.63) is 83.4 Å². The number of amides is 2. The molecule has 2 aliphatic heterocycles. The van der Waals surface area contributed by atoms with Crippen LogP contribution in [0.15, 0.2) is 77.7 Å². The molecule has 10 heteroatoms. The van der Waals surface area contributed by atoms with E-state index in [1.54, 1.807) is 48.5 Å². The van der Waals surface area contributed by atoms with Gasteiger partial charge in [0.15, 0.2) is 11.5 Å². The number of carbonyl (C=O) groups excluding carboxylic acids is 2. The molecule has 2 amide bonds. The van der Waals surface area contributed by atoms with E-state index in [1.165, 1.54) is 24.3 Å². The minimum Gasteiger partial charge on any atom is -0.454 e. The van der Waals surface area contributed by atoms with Gasteiger partial charge in [-0.1, -0.05) is 35.9 Å². The fourth-order valence-electron chi connectivity index (χ4n) is 4.01. The highest BCUT2D eigenvalue weighted by atomic mass is 35.5. The molecule has 8 nitrogen and oxygen atoms in total. The van der Waals surface area contributed by atoms with Crippen molar-refractivity contribution in [2.45, 2.75) is 23.9 Å². The molecular formula is C24H19ClN2O6S. The summed E-state index contributed by atoms with van der Waals surface area (Å²) in [5.41, 5.74) is 0.979. The van der Waals surface area contributed by atoms with Gasteiger partial charge in [-0.3, -0.25) is 9.59 Å². The summed E-state index contributed by atoms with van der Waals surface area (Å²) in [6, 6.07) is 18.0. The van der Waals surface area contributed by atoms with E-state index in [-0.39, 0.29) is 24.7 Å². The van der Waals surface area contributed by atoms with Crippen LogP contribution in [0, 0.1) is 0 Å². The second-order valence-corrected chi connectivity index (χ2v) is 10.1. The lowest BCUT2D eigenvalue weighted by molar-refractivity contribution is -0.122. The van der Waals surface area contributed by atoms with E-state index in [0.717, 1.165) is 9.21 Å². The molecule has 174 valence electrons. The second-order valence-electron chi connectivity index (χ2n) is 7.81. The van der Waals surface area contributed by atoms with Gasteiger partial charge in [-0.15, -0.1) is 0 Å². The minimum absolute atomic E-state index is 0.0314. The van der Waals surface area contributed by atoms with Gasteiger partial charge in [0.25, 0.3) is 5.91 Å². The zero-order valence-corrected chi connectivity index (χ0v) is 19.3. The molecule has 0 aliphatic carbocycles. The van der Waals surface area contributed by atoms with Gasteiger partial charge in [0.2, 0.25) is 22.7 Å². The van der Waals surface area contributed by atoms with Gasteiger partial charge >= 0.3 is 0 Å². The molecule has 1 saturated heterocycles. The van der Waals surface area contributed by atoms with Crippen LogP contribution in [0.1, 0.15) is 12.0 Å². The van der Waals surface area contributed by atoms with Gasteiger partial charge in [-0.25, -0.2) is 13.3 Å². The van der Waals surface area contributed by atoms with Crippen LogP contribution in [-0.2, 0) is 26.2 Å². The zero-order valence-electron chi connectivity index (χ0n) is 17.8. The highest BCUT2D eigenvalue weighted by Gasteiger charge is 2.47. The first kappa shape index (κ1) is 22.4. The van der Waals surface area contributed by atoms with Crippen molar-refractivity contribution in [3.63, 3.8) is 0 Å². The Morgan fingerprint density at radius 3 is 2.38 bits per heavy atom. The van der Waals surface area contributed by atoms with Crippen LogP contribution in [0.25, 0.3) is 0 Å². The predicted molar refractivity (Wildman–Crippen MR) is 124 cm³/mol. The van der Waals surface area contributed by atoms with Crippen molar-refractivity contribution < 1.29 is 27.5 Å². The maximum Gasteiger partial charge on any atom is 0.252 e. The Hall–Kier alpha value is -3.40. The molecule has 3 aromatic carbocycles.